The number of benzene rings is 2. The van der Waals surface area contributed by atoms with Crippen LogP contribution >= 0.6 is 11.6 Å². The molecule has 2 aromatic carbocycles. The Bertz CT molecular complexity index is 778. The fourth-order valence-corrected chi connectivity index (χ4v) is 3.25. The van der Waals surface area contributed by atoms with Crippen molar-refractivity contribution < 1.29 is 17.9 Å². The maximum atomic E-state index is 13.3. The van der Waals surface area contributed by atoms with Crippen molar-refractivity contribution in [1.29, 1.82) is 0 Å². The summed E-state index contributed by atoms with van der Waals surface area (Å²) in [5.41, 5.74) is 1.18. The first-order chi connectivity index (χ1) is 9.83. The Morgan fingerprint density at radius 3 is 2.57 bits per heavy atom. The summed E-state index contributed by atoms with van der Waals surface area (Å²) in [4.78, 5) is -0.304. The van der Waals surface area contributed by atoms with E-state index in [-0.39, 0.29) is 16.1 Å². The van der Waals surface area contributed by atoms with E-state index < -0.39 is 22.4 Å². The third kappa shape index (κ3) is 3.53. The first kappa shape index (κ1) is 15.8. The van der Waals surface area contributed by atoms with E-state index in [1.807, 2.05) is 0 Å². The first-order valence-corrected chi connectivity index (χ1v) is 7.88. The van der Waals surface area contributed by atoms with Crippen LogP contribution in [0.2, 0.25) is 5.02 Å². The zero-order valence-corrected chi connectivity index (χ0v) is 12.7. The highest BCUT2D eigenvalue weighted by molar-refractivity contribution is 7.92. The summed E-state index contributed by atoms with van der Waals surface area (Å²) >= 11 is 5.94. The molecule has 0 amide bonds. The molecule has 0 bridgehead atoms. The van der Waals surface area contributed by atoms with Crippen LogP contribution in [0.25, 0.3) is 0 Å². The highest BCUT2D eigenvalue weighted by Gasteiger charge is 2.19. The molecule has 0 fully saturated rings. The number of aliphatic hydroxyl groups is 1. The minimum atomic E-state index is -4.02. The molecule has 0 aliphatic rings. The zero-order valence-electron chi connectivity index (χ0n) is 11.1. The van der Waals surface area contributed by atoms with Crippen LogP contribution < -0.4 is 4.72 Å². The summed E-state index contributed by atoms with van der Waals surface area (Å²) in [6.45, 7) is 1.28. The van der Waals surface area contributed by atoms with Gasteiger partial charge in [-0.2, -0.15) is 0 Å². The summed E-state index contributed by atoms with van der Waals surface area (Å²) < 4.78 is 40.2. The van der Waals surface area contributed by atoms with E-state index in [4.69, 9.17) is 11.6 Å². The molecule has 0 atom stereocenters. The van der Waals surface area contributed by atoms with Gasteiger partial charge in [0.15, 0.2) is 0 Å². The lowest BCUT2D eigenvalue weighted by Gasteiger charge is -2.12. The average molecular weight is 330 g/mol. The van der Waals surface area contributed by atoms with E-state index in [1.165, 1.54) is 12.1 Å². The smallest absolute Gasteiger partial charge is 0.262 e. The predicted octanol–water partition coefficient (Wildman–Crippen LogP) is 3.08. The third-order valence-corrected chi connectivity index (χ3v) is 4.78. The van der Waals surface area contributed by atoms with Crippen molar-refractivity contribution in [1.82, 2.24) is 0 Å². The molecule has 7 heteroatoms. The van der Waals surface area contributed by atoms with Crippen LogP contribution in [0, 0.1) is 12.7 Å². The largest absolute Gasteiger partial charge is 0.392 e. The Morgan fingerprint density at radius 2 is 1.95 bits per heavy atom. The van der Waals surface area contributed by atoms with Gasteiger partial charge in [-0.05, 0) is 42.3 Å². The Hall–Kier alpha value is -1.63. The van der Waals surface area contributed by atoms with Crippen LogP contribution in [0.1, 0.15) is 11.1 Å². The van der Waals surface area contributed by atoms with E-state index in [2.05, 4.69) is 4.72 Å². The Balaban J connectivity index is 2.42. The molecule has 0 spiro atoms. The van der Waals surface area contributed by atoms with Crippen LogP contribution in [-0.4, -0.2) is 13.5 Å². The van der Waals surface area contributed by atoms with Gasteiger partial charge in [-0.3, -0.25) is 4.72 Å². The van der Waals surface area contributed by atoms with E-state index in [0.29, 0.717) is 5.02 Å². The molecule has 2 aromatic rings. The number of aliphatic hydroxyl groups excluding tert-OH is 1. The van der Waals surface area contributed by atoms with Gasteiger partial charge in [-0.15, -0.1) is 0 Å². The molecule has 0 aliphatic carbocycles. The first-order valence-electron chi connectivity index (χ1n) is 6.02. The monoisotopic (exact) mass is 329 g/mol. The standard InChI is InChI=1S/C14H13ClFNO3S/c1-9-2-5-12(7-13(9)15)17-21(19,20)14-6-11(16)4-3-10(14)8-18/h2-7,17-18H,8H2,1H3. The minimum absolute atomic E-state index is 0.113. The maximum Gasteiger partial charge on any atom is 0.262 e. The van der Waals surface area contributed by atoms with E-state index in [9.17, 15) is 17.9 Å². The second-order valence-corrected chi connectivity index (χ2v) is 6.54. The second kappa shape index (κ2) is 6.01. The highest BCUT2D eigenvalue weighted by atomic mass is 35.5. The van der Waals surface area contributed by atoms with Gasteiger partial charge < -0.3 is 5.11 Å². The normalized spacial score (nSPS) is 11.4. The summed E-state index contributed by atoms with van der Waals surface area (Å²) in [6.07, 6.45) is 0. The molecule has 0 aliphatic heterocycles. The van der Waals surface area contributed by atoms with E-state index >= 15 is 0 Å². The van der Waals surface area contributed by atoms with Crippen molar-refractivity contribution >= 4 is 27.3 Å². The van der Waals surface area contributed by atoms with Gasteiger partial charge in [0.1, 0.15) is 5.82 Å². The SMILES string of the molecule is Cc1ccc(NS(=O)(=O)c2cc(F)ccc2CO)cc1Cl. The van der Waals surface area contributed by atoms with E-state index in [1.54, 1.807) is 19.1 Å². The molecule has 0 unspecified atom stereocenters. The number of nitrogens with one attached hydrogen (secondary N) is 1. The third-order valence-electron chi connectivity index (χ3n) is 2.91. The highest BCUT2D eigenvalue weighted by Crippen LogP contribution is 2.24. The molecule has 112 valence electrons. The van der Waals surface area contributed by atoms with Crippen LogP contribution in [0.4, 0.5) is 10.1 Å². The lowest BCUT2D eigenvalue weighted by atomic mass is 10.2. The van der Waals surface area contributed by atoms with Crippen LogP contribution in [0.15, 0.2) is 41.3 Å². The van der Waals surface area contributed by atoms with E-state index in [0.717, 1.165) is 17.7 Å². The van der Waals surface area contributed by atoms with Gasteiger partial charge in [-0.1, -0.05) is 23.7 Å². The lowest BCUT2D eigenvalue weighted by molar-refractivity contribution is 0.278. The lowest BCUT2D eigenvalue weighted by Crippen LogP contribution is -2.15. The van der Waals surface area contributed by atoms with Crippen molar-refractivity contribution in [2.75, 3.05) is 4.72 Å². The fraction of sp³-hybridized carbons (Fsp3) is 0.143. The summed E-state index contributed by atoms with van der Waals surface area (Å²) in [5.74, 6) is -0.700. The summed E-state index contributed by atoms with van der Waals surface area (Å²) in [7, 11) is -4.02. The molecule has 0 saturated carbocycles. The molecule has 0 radical (unpaired) electrons. The van der Waals surface area contributed by atoms with Crippen LogP contribution in [0.5, 0.6) is 0 Å². The molecule has 2 rings (SSSR count). The molecule has 0 aromatic heterocycles. The van der Waals surface area contributed by atoms with Gasteiger partial charge >= 0.3 is 0 Å². The van der Waals surface area contributed by atoms with Gasteiger partial charge in [0.05, 0.1) is 17.2 Å². The molecule has 2 N–H and O–H groups in total. The molecular weight excluding hydrogens is 317 g/mol. The van der Waals surface area contributed by atoms with Crippen LogP contribution in [0.3, 0.4) is 0 Å². The van der Waals surface area contributed by atoms with Crippen molar-refractivity contribution in [2.24, 2.45) is 0 Å². The van der Waals surface area contributed by atoms with Gasteiger partial charge in [0.2, 0.25) is 0 Å². The summed E-state index contributed by atoms with van der Waals surface area (Å²) in [6, 6.07) is 7.87. The van der Waals surface area contributed by atoms with Crippen molar-refractivity contribution in [3.05, 3.63) is 58.4 Å². The van der Waals surface area contributed by atoms with Gasteiger partial charge in [-0.25, -0.2) is 12.8 Å². The number of hydrogen-bond acceptors (Lipinski definition) is 3. The number of sulfonamides is 1. The van der Waals surface area contributed by atoms with Crippen molar-refractivity contribution in [3.63, 3.8) is 0 Å². The predicted molar refractivity (Wildman–Crippen MR) is 79.3 cm³/mol. The number of halogens is 2. The average Bonchev–Trinajstić information content (AvgIpc) is 2.42. The quantitative estimate of drug-likeness (QED) is 0.906. The number of anilines is 1. The van der Waals surface area contributed by atoms with Crippen LogP contribution in [-0.2, 0) is 16.6 Å². The Morgan fingerprint density at radius 1 is 1.24 bits per heavy atom. The van der Waals surface area contributed by atoms with Crippen molar-refractivity contribution in [2.45, 2.75) is 18.4 Å². The Labute approximate surface area is 127 Å². The number of rotatable bonds is 4. The second-order valence-electron chi connectivity index (χ2n) is 4.48. The zero-order chi connectivity index (χ0) is 15.6. The maximum absolute atomic E-state index is 13.3. The molecular formula is C14H13ClFNO3S. The molecule has 0 saturated heterocycles. The number of hydrogen-bond donors (Lipinski definition) is 2. The topological polar surface area (TPSA) is 66.4 Å². The van der Waals surface area contributed by atoms with Gasteiger partial charge in [0, 0.05) is 5.02 Å². The minimum Gasteiger partial charge on any atom is -0.392 e. The molecule has 21 heavy (non-hydrogen) atoms. The number of aryl methyl sites for hydroxylation is 1. The fourth-order valence-electron chi connectivity index (χ4n) is 1.78. The van der Waals surface area contributed by atoms with Gasteiger partial charge in [0.25, 0.3) is 10.0 Å². The Kier molecular flexibility index (Phi) is 4.51. The summed E-state index contributed by atoms with van der Waals surface area (Å²) in [5, 5.41) is 9.60. The molecule has 0 heterocycles. The molecule has 4 nitrogen and oxygen atoms in total. The van der Waals surface area contributed by atoms with Crippen molar-refractivity contribution in [3.8, 4) is 0 Å².